The van der Waals surface area contributed by atoms with Crippen LogP contribution in [0.3, 0.4) is 0 Å². The molecule has 0 aliphatic rings. The summed E-state index contributed by atoms with van der Waals surface area (Å²) in [5.41, 5.74) is 2.27. The number of hydrogen-bond donors (Lipinski definition) is 1. The topological polar surface area (TPSA) is 102 Å². The SMILES string of the molecule is O=c1[nH]c2cc(-c3ccncc3)c(F)cc2n1Cc1ccc(-c2nnc(C(F)F)o2)cn1. The highest BCUT2D eigenvalue weighted by molar-refractivity contribution is 5.82. The molecular formula is C21H13F3N6O2. The molecule has 0 bridgehead atoms. The first kappa shape index (κ1) is 19.7. The van der Waals surface area contributed by atoms with E-state index in [4.69, 9.17) is 4.42 Å². The van der Waals surface area contributed by atoms with E-state index in [1.807, 2.05) is 0 Å². The van der Waals surface area contributed by atoms with Gasteiger partial charge in [-0.25, -0.2) is 9.18 Å². The van der Waals surface area contributed by atoms with Gasteiger partial charge in [-0.15, -0.1) is 10.2 Å². The number of fused-ring (bicyclic) bond motifs is 1. The number of aromatic nitrogens is 6. The molecule has 11 heteroatoms. The number of hydrogen-bond acceptors (Lipinski definition) is 6. The highest BCUT2D eigenvalue weighted by Crippen LogP contribution is 2.27. The molecule has 1 aromatic carbocycles. The first-order valence-corrected chi connectivity index (χ1v) is 9.39. The van der Waals surface area contributed by atoms with E-state index >= 15 is 0 Å². The minimum atomic E-state index is -2.86. The van der Waals surface area contributed by atoms with Crippen LogP contribution in [0.2, 0.25) is 0 Å². The molecular weight excluding hydrogens is 425 g/mol. The lowest BCUT2D eigenvalue weighted by atomic mass is 10.1. The molecule has 0 aliphatic carbocycles. The minimum absolute atomic E-state index is 0.0687. The van der Waals surface area contributed by atoms with Crippen molar-refractivity contribution in [1.29, 1.82) is 0 Å². The number of halogens is 3. The lowest BCUT2D eigenvalue weighted by Crippen LogP contribution is -2.17. The molecule has 0 radical (unpaired) electrons. The molecule has 0 atom stereocenters. The Hall–Kier alpha value is -4.28. The molecule has 0 unspecified atom stereocenters. The largest absolute Gasteiger partial charge is 0.415 e. The Morgan fingerprint density at radius 2 is 1.88 bits per heavy atom. The molecule has 0 saturated heterocycles. The number of benzene rings is 1. The average Bonchev–Trinajstić information content (AvgIpc) is 3.40. The number of imidazole rings is 1. The first-order valence-electron chi connectivity index (χ1n) is 9.39. The zero-order valence-corrected chi connectivity index (χ0v) is 16.2. The maximum absolute atomic E-state index is 14.8. The molecule has 5 rings (SSSR count). The second kappa shape index (κ2) is 7.76. The van der Waals surface area contributed by atoms with Crippen LogP contribution in [0.15, 0.2) is 64.2 Å². The highest BCUT2D eigenvalue weighted by atomic mass is 19.3. The summed E-state index contributed by atoms with van der Waals surface area (Å²) in [6.07, 6.45) is 1.63. The number of rotatable bonds is 5. The van der Waals surface area contributed by atoms with Crippen molar-refractivity contribution in [1.82, 2.24) is 29.7 Å². The summed E-state index contributed by atoms with van der Waals surface area (Å²) in [6, 6.07) is 9.38. The van der Waals surface area contributed by atoms with Crippen LogP contribution in [0.1, 0.15) is 18.0 Å². The number of H-pyrrole nitrogens is 1. The van der Waals surface area contributed by atoms with E-state index in [-0.39, 0.29) is 12.4 Å². The second-order valence-corrected chi connectivity index (χ2v) is 6.89. The van der Waals surface area contributed by atoms with Gasteiger partial charge < -0.3 is 9.40 Å². The van der Waals surface area contributed by atoms with Crippen LogP contribution in [0.5, 0.6) is 0 Å². The van der Waals surface area contributed by atoms with Crippen molar-refractivity contribution in [3.63, 3.8) is 0 Å². The fourth-order valence-corrected chi connectivity index (χ4v) is 3.33. The Labute approximate surface area is 177 Å². The summed E-state index contributed by atoms with van der Waals surface area (Å²) in [6.45, 7) is 0.0687. The predicted octanol–water partition coefficient (Wildman–Crippen LogP) is 3.96. The van der Waals surface area contributed by atoms with Gasteiger partial charge in [0.1, 0.15) is 5.82 Å². The maximum Gasteiger partial charge on any atom is 0.326 e. The average molecular weight is 438 g/mol. The summed E-state index contributed by atoms with van der Waals surface area (Å²) in [5, 5.41) is 6.84. The number of pyridine rings is 2. The van der Waals surface area contributed by atoms with Crippen LogP contribution in [0, 0.1) is 5.82 Å². The number of nitrogens with one attached hydrogen (secondary N) is 1. The zero-order chi connectivity index (χ0) is 22.2. The van der Waals surface area contributed by atoms with Crippen molar-refractivity contribution in [2.45, 2.75) is 13.0 Å². The minimum Gasteiger partial charge on any atom is -0.415 e. The van der Waals surface area contributed by atoms with Crippen molar-refractivity contribution in [3.05, 3.63) is 82.9 Å². The van der Waals surface area contributed by atoms with E-state index in [0.717, 1.165) is 0 Å². The molecule has 0 saturated carbocycles. The molecule has 4 aromatic heterocycles. The fraction of sp³-hybridized carbons (Fsp3) is 0.0952. The van der Waals surface area contributed by atoms with Gasteiger partial charge in [0.05, 0.1) is 28.8 Å². The lowest BCUT2D eigenvalue weighted by Gasteiger charge is -2.06. The quantitative estimate of drug-likeness (QED) is 0.446. The van der Waals surface area contributed by atoms with Gasteiger partial charge in [-0.05, 0) is 35.9 Å². The molecule has 8 nitrogen and oxygen atoms in total. The van der Waals surface area contributed by atoms with E-state index in [2.05, 4.69) is 25.1 Å². The Bertz CT molecular complexity index is 1460. The third-order valence-corrected chi connectivity index (χ3v) is 4.87. The summed E-state index contributed by atoms with van der Waals surface area (Å²) < 4.78 is 46.3. The Kier molecular flexibility index (Phi) is 4.77. The van der Waals surface area contributed by atoms with Gasteiger partial charge in [0.25, 0.3) is 5.89 Å². The zero-order valence-electron chi connectivity index (χ0n) is 16.2. The summed E-state index contributed by atoms with van der Waals surface area (Å²) in [4.78, 5) is 23.4. The van der Waals surface area contributed by atoms with E-state index in [0.29, 0.717) is 33.4 Å². The van der Waals surface area contributed by atoms with Crippen LogP contribution in [-0.2, 0) is 6.54 Å². The molecule has 0 amide bonds. The van der Waals surface area contributed by atoms with Crippen molar-refractivity contribution in [2.24, 2.45) is 0 Å². The van der Waals surface area contributed by atoms with Crippen molar-refractivity contribution < 1.29 is 17.6 Å². The van der Waals surface area contributed by atoms with Gasteiger partial charge in [-0.1, -0.05) is 0 Å². The van der Waals surface area contributed by atoms with Gasteiger partial charge >= 0.3 is 12.1 Å². The van der Waals surface area contributed by atoms with Crippen molar-refractivity contribution >= 4 is 11.0 Å². The molecule has 4 heterocycles. The number of nitrogens with zero attached hydrogens (tertiary/aromatic N) is 5. The summed E-state index contributed by atoms with van der Waals surface area (Å²) >= 11 is 0. The molecule has 0 fully saturated rings. The standard InChI is InChI=1S/C21H13F3N6O2/c22-15-8-17-16(7-14(15)11-3-5-25-6-4-11)27-21(31)30(17)10-13-2-1-12(9-26-13)19-28-29-20(32-19)18(23)24/h1-9,18H,10H2,(H,27,31). The highest BCUT2D eigenvalue weighted by Gasteiger charge is 2.18. The lowest BCUT2D eigenvalue weighted by molar-refractivity contribution is 0.116. The van der Waals surface area contributed by atoms with E-state index in [1.165, 1.54) is 16.8 Å². The van der Waals surface area contributed by atoms with E-state index in [1.54, 1.807) is 42.7 Å². The third-order valence-electron chi connectivity index (χ3n) is 4.87. The van der Waals surface area contributed by atoms with E-state index < -0.39 is 23.8 Å². The van der Waals surface area contributed by atoms with Crippen LogP contribution < -0.4 is 5.69 Å². The molecule has 32 heavy (non-hydrogen) atoms. The van der Waals surface area contributed by atoms with Gasteiger partial charge in [-0.2, -0.15) is 8.78 Å². The van der Waals surface area contributed by atoms with Crippen LogP contribution in [-0.4, -0.2) is 29.7 Å². The van der Waals surface area contributed by atoms with Gasteiger partial charge in [0.15, 0.2) is 0 Å². The van der Waals surface area contributed by atoms with Gasteiger partial charge in [0.2, 0.25) is 5.89 Å². The Balaban J connectivity index is 1.45. The molecule has 160 valence electrons. The van der Waals surface area contributed by atoms with Gasteiger partial charge in [-0.3, -0.25) is 14.5 Å². The smallest absolute Gasteiger partial charge is 0.326 e. The fourth-order valence-electron chi connectivity index (χ4n) is 3.33. The van der Waals surface area contributed by atoms with Gasteiger partial charge in [0, 0.05) is 30.2 Å². The normalized spacial score (nSPS) is 11.5. The maximum atomic E-state index is 14.8. The van der Waals surface area contributed by atoms with Crippen LogP contribution in [0.4, 0.5) is 13.2 Å². The first-order chi connectivity index (χ1) is 15.5. The van der Waals surface area contributed by atoms with Crippen molar-refractivity contribution in [3.8, 4) is 22.6 Å². The van der Waals surface area contributed by atoms with E-state index in [9.17, 15) is 18.0 Å². The van der Waals surface area contributed by atoms with Crippen LogP contribution >= 0.6 is 0 Å². The third kappa shape index (κ3) is 3.53. The molecule has 5 aromatic rings. The Morgan fingerprint density at radius 3 is 2.56 bits per heavy atom. The van der Waals surface area contributed by atoms with Crippen LogP contribution in [0.25, 0.3) is 33.6 Å². The second-order valence-electron chi connectivity index (χ2n) is 6.89. The summed E-state index contributed by atoms with van der Waals surface area (Å²) in [7, 11) is 0. The monoisotopic (exact) mass is 438 g/mol. The molecule has 0 aliphatic heterocycles. The van der Waals surface area contributed by atoms with Crippen molar-refractivity contribution in [2.75, 3.05) is 0 Å². The Morgan fingerprint density at radius 1 is 1.06 bits per heavy atom. The molecule has 0 spiro atoms. The number of aromatic amines is 1. The molecule has 1 N–H and O–H groups in total. The summed E-state index contributed by atoms with van der Waals surface area (Å²) in [5.74, 6) is -1.34. The predicted molar refractivity (Wildman–Crippen MR) is 107 cm³/mol. The number of alkyl halides is 2.